The molecule has 1 aliphatic carbocycles. The van der Waals surface area contributed by atoms with E-state index in [9.17, 15) is 0 Å². The Kier molecular flexibility index (Phi) is 7.87. The van der Waals surface area contributed by atoms with Gasteiger partial charge in [-0.1, -0.05) is 26.7 Å². The first kappa shape index (κ1) is 14.0. The van der Waals surface area contributed by atoms with Crippen LogP contribution in [0.15, 0.2) is 0 Å². The number of rotatable bonds is 9. The first-order chi connectivity index (χ1) is 7.79. The maximum atomic E-state index is 5.83. The molecule has 16 heavy (non-hydrogen) atoms. The van der Waals surface area contributed by atoms with Crippen molar-refractivity contribution in [1.29, 1.82) is 0 Å². The molecule has 0 spiro atoms. The topological polar surface area (TPSA) is 21.3 Å². The summed E-state index contributed by atoms with van der Waals surface area (Å²) in [5.41, 5.74) is 0. The zero-order chi connectivity index (χ0) is 11.6. The van der Waals surface area contributed by atoms with E-state index in [1.807, 2.05) is 0 Å². The van der Waals surface area contributed by atoms with E-state index in [0.29, 0.717) is 6.10 Å². The van der Waals surface area contributed by atoms with Crippen LogP contribution in [0.3, 0.4) is 0 Å². The third kappa shape index (κ3) is 7.24. The molecule has 0 unspecified atom stereocenters. The van der Waals surface area contributed by atoms with Crippen LogP contribution in [0.25, 0.3) is 0 Å². The van der Waals surface area contributed by atoms with Gasteiger partial charge < -0.3 is 10.1 Å². The van der Waals surface area contributed by atoms with Gasteiger partial charge in [-0.3, -0.25) is 0 Å². The van der Waals surface area contributed by atoms with Crippen LogP contribution >= 0.6 is 0 Å². The molecule has 2 nitrogen and oxygen atoms in total. The van der Waals surface area contributed by atoms with Gasteiger partial charge in [0, 0.05) is 6.61 Å². The second-order valence-corrected chi connectivity index (χ2v) is 5.44. The van der Waals surface area contributed by atoms with Gasteiger partial charge in [0.15, 0.2) is 0 Å². The molecular formula is C14H29NO. The lowest BCUT2D eigenvalue weighted by molar-refractivity contribution is 0.0557. The molecule has 1 N–H and O–H groups in total. The normalized spacial score (nSPS) is 17.4. The fourth-order valence-corrected chi connectivity index (χ4v) is 2.22. The predicted octanol–water partition coefficient (Wildman–Crippen LogP) is 3.36. The fraction of sp³-hybridized carbons (Fsp3) is 1.00. The van der Waals surface area contributed by atoms with Crippen molar-refractivity contribution in [2.45, 2.75) is 64.9 Å². The number of hydrogen-bond donors (Lipinski definition) is 1. The minimum absolute atomic E-state index is 0.596. The molecule has 96 valence electrons. The van der Waals surface area contributed by atoms with Gasteiger partial charge in [0.05, 0.1) is 6.10 Å². The van der Waals surface area contributed by atoms with E-state index in [0.717, 1.165) is 19.1 Å². The summed E-state index contributed by atoms with van der Waals surface area (Å²) in [4.78, 5) is 0. The van der Waals surface area contributed by atoms with Crippen LogP contribution in [0.4, 0.5) is 0 Å². The Morgan fingerprint density at radius 3 is 2.56 bits per heavy atom. The molecule has 0 amide bonds. The second kappa shape index (κ2) is 9.00. The lowest BCUT2D eigenvalue weighted by Gasteiger charge is -2.11. The van der Waals surface area contributed by atoms with Crippen LogP contribution in [0.1, 0.15) is 58.8 Å². The standard InChI is InChI=1S/C14H29NO/c1-13(2)12-15-10-6-3-7-11-16-14-8-4-5-9-14/h13-15H,3-12H2,1-2H3. The highest BCUT2D eigenvalue weighted by atomic mass is 16.5. The molecule has 1 fully saturated rings. The zero-order valence-electron chi connectivity index (χ0n) is 11.1. The van der Waals surface area contributed by atoms with Gasteiger partial charge >= 0.3 is 0 Å². The number of ether oxygens (including phenoxy) is 1. The average Bonchev–Trinajstić information content (AvgIpc) is 2.74. The minimum Gasteiger partial charge on any atom is -0.378 e. The molecule has 0 radical (unpaired) electrons. The van der Waals surface area contributed by atoms with E-state index >= 15 is 0 Å². The van der Waals surface area contributed by atoms with Crippen molar-refractivity contribution in [3.63, 3.8) is 0 Å². The van der Waals surface area contributed by atoms with Gasteiger partial charge in [0.2, 0.25) is 0 Å². The van der Waals surface area contributed by atoms with Crippen molar-refractivity contribution < 1.29 is 4.74 Å². The second-order valence-electron chi connectivity index (χ2n) is 5.44. The highest BCUT2D eigenvalue weighted by Crippen LogP contribution is 2.20. The van der Waals surface area contributed by atoms with E-state index in [4.69, 9.17) is 4.74 Å². The lowest BCUT2D eigenvalue weighted by Crippen LogP contribution is -2.20. The Morgan fingerprint density at radius 1 is 1.12 bits per heavy atom. The summed E-state index contributed by atoms with van der Waals surface area (Å²) in [5.74, 6) is 0.769. The molecule has 0 aromatic carbocycles. The van der Waals surface area contributed by atoms with Crippen molar-refractivity contribution in [3.05, 3.63) is 0 Å². The van der Waals surface area contributed by atoms with E-state index in [1.165, 1.54) is 51.5 Å². The SMILES string of the molecule is CC(C)CNCCCCCOC1CCCC1. The third-order valence-electron chi connectivity index (χ3n) is 3.21. The Balaban J connectivity index is 1.74. The quantitative estimate of drug-likeness (QED) is 0.610. The third-order valence-corrected chi connectivity index (χ3v) is 3.21. The fourth-order valence-electron chi connectivity index (χ4n) is 2.22. The number of hydrogen-bond acceptors (Lipinski definition) is 2. The van der Waals surface area contributed by atoms with Crippen molar-refractivity contribution in [1.82, 2.24) is 5.32 Å². The zero-order valence-corrected chi connectivity index (χ0v) is 11.1. The summed E-state index contributed by atoms with van der Waals surface area (Å²) in [5, 5.41) is 3.48. The van der Waals surface area contributed by atoms with Crippen LogP contribution in [-0.2, 0) is 4.74 Å². The van der Waals surface area contributed by atoms with Gasteiger partial charge in [-0.2, -0.15) is 0 Å². The smallest absolute Gasteiger partial charge is 0.0575 e. The molecular weight excluding hydrogens is 198 g/mol. The molecule has 2 heteroatoms. The predicted molar refractivity (Wildman–Crippen MR) is 69.8 cm³/mol. The Bertz CT molecular complexity index is 153. The monoisotopic (exact) mass is 227 g/mol. The van der Waals surface area contributed by atoms with Crippen LogP contribution in [0, 0.1) is 5.92 Å². The molecule has 1 aliphatic rings. The Morgan fingerprint density at radius 2 is 1.88 bits per heavy atom. The average molecular weight is 227 g/mol. The highest BCUT2D eigenvalue weighted by Gasteiger charge is 2.14. The molecule has 0 bridgehead atoms. The summed E-state index contributed by atoms with van der Waals surface area (Å²) in [7, 11) is 0. The maximum absolute atomic E-state index is 5.83. The Hall–Kier alpha value is -0.0800. The van der Waals surface area contributed by atoms with Gasteiger partial charge in [-0.25, -0.2) is 0 Å². The summed E-state index contributed by atoms with van der Waals surface area (Å²) >= 11 is 0. The largest absolute Gasteiger partial charge is 0.378 e. The first-order valence-electron chi connectivity index (χ1n) is 7.11. The molecule has 1 rings (SSSR count). The molecule has 0 aromatic heterocycles. The number of unbranched alkanes of at least 4 members (excludes halogenated alkanes) is 2. The van der Waals surface area contributed by atoms with Crippen molar-refractivity contribution in [2.75, 3.05) is 19.7 Å². The van der Waals surface area contributed by atoms with E-state index in [1.54, 1.807) is 0 Å². The van der Waals surface area contributed by atoms with E-state index in [2.05, 4.69) is 19.2 Å². The van der Waals surface area contributed by atoms with Crippen molar-refractivity contribution in [3.8, 4) is 0 Å². The summed E-state index contributed by atoms with van der Waals surface area (Å²) in [6.07, 6.45) is 9.79. The summed E-state index contributed by atoms with van der Waals surface area (Å²) < 4.78 is 5.83. The van der Waals surface area contributed by atoms with Crippen molar-refractivity contribution >= 4 is 0 Å². The summed E-state index contributed by atoms with van der Waals surface area (Å²) in [6.45, 7) is 7.81. The molecule has 0 aromatic rings. The van der Waals surface area contributed by atoms with Gasteiger partial charge in [-0.15, -0.1) is 0 Å². The molecule has 0 aliphatic heterocycles. The summed E-state index contributed by atoms with van der Waals surface area (Å²) in [6, 6.07) is 0. The van der Waals surface area contributed by atoms with E-state index in [-0.39, 0.29) is 0 Å². The van der Waals surface area contributed by atoms with E-state index < -0.39 is 0 Å². The maximum Gasteiger partial charge on any atom is 0.0575 e. The lowest BCUT2D eigenvalue weighted by atomic mass is 10.2. The van der Waals surface area contributed by atoms with Crippen LogP contribution in [0.5, 0.6) is 0 Å². The molecule has 0 atom stereocenters. The number of nitrogens with one attached hydrogen (secondary N) is 1. The molecule has 0 saturated heterocycles. The highest BCUT2D eigenvalue weighted by molar-refractivity contribution is 4.66. The van der Waals surface area contributed by atoms with Gasteiger partial charge in [0.1, 0.15) is 0 Å². The van der Waals surface area contributed by atoms with Gasteiger partial charge in [-0.05, 0) is 51.1 Å². The van der Waals surface area contributed by atoms with Crippen LogP contribution < -0.4 is 5.32 Å². The Labute approximate surface area is 101 Å². The minimum atomic E-state index is 0.596. The van der Waals surface area contributed by atoms with Crippen LogP contribution in [-0.4, -0.2) is 25.8 Å². The van der Waals surface area contributed by atoms with Crippen molar-refractivity contribution in [2.24, 2.45) is 5.92 Å². The van der Waals surface area contributed by atoms with Crippen LogP contribution in [0.2, 0.25) is 0 Å². The molecule has 0 heterocycles. The van der Waals surface area contributed by atoms with Gasteiger partial charge in [0.25, 0.3) is 0 Å². The first-order valence-corrected chi connectivity index (χ1v) is 7.11. The molecule has 1 saturated carbocycles.